The quantitative estimate of drug-likeness (QED) is 0.842. The number of Topliss-reactive ketones (excluding diaryl/α,β-unsaturated/α-hetero) is 1. The van der Waals surface area contributed by atoms with Crippen LogP contribution in [-0.2, 0) is 6.42 Å². The largest absolute Gasteiger partial charge is 0.508 e. The van der Waals surface area contributed by atoms with Crippen molar-refractivity contribution >= 4 is 17.4 Å². The van der Waals surface area contributed by atoms with E-state index >= 15 is 0 Å². The van der Waals surface area contributed by atoms with Crippen molar-refractivity contribution in [1.82, 2.24) is 0 Å². The van der Waals surface area contributed by atoms with Gasteiger partial charge in [0.05, 0.1) is 0 Å². The molecule has 0 radical (unpaired) electrons. The van der Waals surface area contributed by atoms with Crippen molar-refractivity contribution in [2.75, 3.05) is 0 Å². The number of carbonyl (C=O) groups is 1. The highest BCUT2D eigenvalue weighted by Gasteiger charge is 2.07. The minimum atomic E-state index is -0.0248. The van der Waals surface area contributed by atoms with E-state index in [9.17, 15) is 9.90 Å². The van der Waals surface area contributed by atoms with Gasteiger partial charge in [0, 0.05) is 17.0 Å². The molecule has 86 valence electrons. The van der Waals surface area contributed by atoms with Crippen molar-refractivity contribution in [3.8, 4) is 5.75 Å². The molecule has 0 bridgehead atoms. The van der Waals surface area contributed by atoms with Gasteiger partial charge in [-0.3, -0.25) is 4.79 Å². The molecule has 0 saturated carbocycles. The van der Waals surface area contributed by atoms with E-state index in [0.29, 0.717) is 17.0 Å². The molecule has 0 spiro atoms. The fourth-order valence-corrected chi connectivity index (χ4v) is 1.70. The summed E-state index contributed by atoms with van der Waals surface area (Å²) in [6.07, 6.45) is 0.306. The highest BCUT2D eigenvalue weighted by Crippen LogP contribution is 2.15. The zero-order valence-electron chi connectivity index (χ0n) is 9.06. The predicted octanol–water partition coefficient (Wildman–Crippen LogP) is 3.47. The van der Waals surface area contributed by atoms with Gasteiger partial charge in [-0.05, 0) is 29.8 Å². The maximum atomic E-state index is 11.9. The van der Waals surface area contributed by atoms with E-state index in [-0.39, 0.29) is 11.5 Å². The van der Waals surface area contributed by atoms with Crippen LogP contribution in [0.4, 0.5) is 0 Å². The molecular weight excluding hydrogens is 236 g/mol. The van der Waals surface area contributed by atoms with Crippen molar-refractivity contribution in [1.29, 1.82) is 0 Å². The summed E-state index contributed by atoms with van der Waals surface area (Å²) < 4.78 is 0. The van der Waals surface area contributed by atoms with Gasteiger partial charge in [0.2, 0.25) is 0 Å². The number of hydrogen-bond acceptors (Lipinski definition) is 2. The smallest absolute Gasteiger partial charge is 0.167 e. The number of ketones is 1. The van der Waals surface area contributed by atoms with Crippen LogP contribution in [0.25, 0.3) is 0 Å². The van der Waals surface area contributed by atoms with Crippen LogP contribution in [0, 0.1) is 0 Å². The Morgan fingerprint density at radius 2 is 1.82 bits per heavy atom. The Balaban J connectivity index is 2.14. The zero-order valence-corrected chi connectivity index (χ0v) is 9.82. The summed E-state index contributed by atoms with van der Waals surface area (Å²) in [5, 5.41) is 9.95. The lowest BCUT2D eigenvalue weighted by Gasteiger charge is -2.02. The Morgan fingerprint density at radius 3 is 2.47 bits per heavy atom. The Labute approximate surface area is 104 Å². The second-order valence-corrected chi connectivity index (χ2v) is 4.21. The first kappa shape index (κ1) is 11.7. The van der Waals surface area contributed by atoms with Gasteiger partial charge in [0.15, 0.2) is 5.78 Å². The fraction of sp³-hybridized carbons (Fsp3) is 0.0714. The molecule has 2 rings (SSSR count). The van der Waals surface area contributed by atoms with Gasteiger partial charge in [0.25, 0.3) is 0 Å². The minimum Gasteiger partial charge on any atom is -0.508 e. The second-order valence-electron chi connectivity index (χ2n) is 3.78. The lowest BCUT2D eigenvalue weighted by Crippen LogP contribution is -2.02. The molecule has 2 nitrogen and oxygen atoms in total. The summed E-state index contributed by atoms with van der Waals surface area (Å²) in [7, 11) is 0. The van der Waals surface area contributed by atoms with Crippen LogP contribution in [0.15, 0.2) is 48.5 Å². The molecule has 0 saturated heterocycles. The first-order valence-corrected chi connectivity index (χ1v) is 5.59. The third kappa shape index (κ3) is 3.08. The normalized spacial score (nSPS) is 10.2. The third-order valence-corrected chi connectivity index (χ3v) is 2.70. The number of hydrogen-bond donors (Lipinski definition) is 1. The Bertz CT molecular complexity index is 532. The maximum absolute atomic E-state index is 11.9. The predicted molar refractivity (Wildman–Crippen MR) is 67.6 cm³/mol. The topological polar surface area (TPSA) is 37.3 Å². The minimum absolute atomic E-state index is 0.0248. The molecule has 1 N–H and O–H groups in total. The summed E-state index contributed by atoms with van der Waals surface area (Å²) >= 11 is 5.77. The van der Waals surface area contributed by atoms with E-state index in [1.54, 1.807) is 30.3 Å². The maximum Gasteiger partial charge on any atom is 0.167 e. The molecule has 0 amide bonds. The van der Waals surface area contributed by atoms with Crippen molar-refractivity contribution < 1.29 is 9.90 Å². The SMILES string of the molecule is O=C(Cc1ccc(Cl)cc1)c1cccc(O)c1. The highest BCUT2D eigenvalue weighted by molar-refractivity contribution is 6.30. The van der Waals surface area contributed by atoms with Gasteiger partial charge in [-0.2, -0.15) is 0 Å². The van der Waals surface area contributed by atoms with Crippen molar-refractivity contribution in [2.45, 2.75) is 6.42 Å². The van der Waals surface area contributed by atoms with E-state index in [4.69, 9.17) is 11.6 Å². The summed E-state index contributed by atoms with van der Waals surface area (Å²) in [5.41, 5.74) is 1.42. The molecule has 17 heavy (non-hydrogen) atoms. The van der Waals surface area contributed by atoms with E-state index in [1.165, 1.54) is 6.07 Å². The summed E-state index contributed by atoms with van der Waals surface area (Å²) in [6.45, 7) is 0. The average molecular weight is 247 g/mol. The van der Waals surface area contributed by atoms with Crippen molar-refractivity contribution in [3.05, 3.63) is 64.7 Å². The summed E-state index contributed by atoms with van der Waals surface area (Å²) in [4.78, 5) is 11.9. The molecule has 0 unspecified atom stereocenters. The number of phenolic OH excluding ortho intramolecular Hbond substituents is 1. The van der Waals surface area contributed by atoms with Gasteiger partial charge in [-0.1, -0.05) is 35.9 Å². The van der Waals surface area contributed by atoms with Gasteiger partial charge in [0.1, 0.15) is 5.75 Å². The molecule has 0 fully saturated rings. The van der Waals surface area contributed by atoms with E-state index in [0.717, 1.165) is 5.56 Å². The van der Waals surface area contributed by atoms with Gasteiger partial charge in [-0.15, -0.1) is 0 Å². The molecule has 0 aliphatic carbocycles. The standard InChI is InChI=1S/C14H11ClO2/c15-12-6-4-10(5-7-12)8-14(17)11-2-1-3-13(16)9-11/h1-7,9,16H,8H2. The summed E-state index contributed by atoms with van der Waals surface area (Å²) in [6, 6.07) is 13.5. The Kier molecular flexibility index (Phi) is 3.45. The number of carbonyl (C=O) groups excluding carboxylic acids is 1. The van der Waals surface area contributed by atoms with Crippen molar-refractivity contribution in [2.24, 2.45) is 0 Å². The second kappa shape index (κ2) is 5.02. The monoisotopic (exact) mass is 246 g/mol. The Hall–Kier alpha value is -1.80. The van der Waals surface area contributed by atoms with Crippen LogP contribution in [0.3, 0.4) is 0 Å². The van der Waals surface area contributed by atoms with Crippen LogP contribution in [0.1, 0.15) is 15.9 Å². The molecule has 0 aliphatic rings. The molecular formula is C14H11ClO2. The first-order chi connectivity index (χ1) is 8.15. The number of benzene rings is 2. The molecule has 2 aromatic carbocycles. The molecule has 3 heteroatoms. The third-order valence-electron chi connectivity index (χ3n) is 2.45. The molecule has 0 aromatic heterocycles. The molecule has 2 aromatic rings. The number of aromatic hydroxyl groups is 1. The van der Waals surface area contributed by atoms with E-state index in [2.05, 4.69) is 0 Å². The zero-order chi connectivity index (χ0) is 12.3. The van der Waals surface area contributed by atoms with Gasteiger partial charge >= 0.3 is 0 Å². The van der Waals surface area contributed by atoms with Gasteiger partial charge < -0.3 is 5.11 Å². The van der Waals surface area contributed by atoms with Crippen LogP contribution < -0.4 is 0 Å². The van der Waals surface area contributed by atoms with E-state index in [1.807, 2.05) is 12.1 Å². The van der Waals surface area contributed by atoms with Crippen LogP contribution >= 0.6 is 11.6 Å². The van der Waals surface area contributed by atoms with Crippen LogP contribution in [-0.4, -0.2) is 10.9 Å². The number of halogens is 1. The van der Waals surface area contributed by atoms with E-state index < -0.39 is 0 Å². The molecule has 0 aliphatic heterocycles. The summed E-state index contributed by atoms with van der Waals surface area (Å²) in [5.74, 6) is 0.0789. The molecule has 0 atom stereocenters. The lowest BCUT2D eigenvalue weighted by atomic mass is 10.0. The average Bonchev–Trinajstić information content (AvgIpc) is 2.32. The Morgan fingerprint density at radius 1 is 1.12 bits per heavy atom. The fourth-order valence-electron chi connectivity index (χ4n) is 1.57. The van der Waals surface area contributed by atoms with Crippen LogP contribution in [0.5, 0.6) is 5.75 Å². The first-order valence-electron chi connectivity index (χ1n) is 5.22. The van der Waals surface area contributed by atoms with Gasteiger partial charge in [-0.25, -0.2) is 0 Å². The molecule has 0 heterocycles. The van der Waals surface area contributed by atoms with Crippen molar-refractivity contribution in [3.63, 3.8) is 0 Å². The number of rotatable bonds is 3. The van der Waals surface area contributed by atoms with Crippen LogP contribution in [0.2, 0.25) is 5.02 Å². The number of phenols is 1. The highest BCUT2D eigenvalue weighted by atomic mass is 35.5. The lowest BCUT2D eigenvalue weighted by molar-refractivity contribution is 0.0992.